The van der Waals surface area contributed by atoms with Gasteiger partial charge in [0.2, 0.25) is 0 Å². The van der Waals surface area contributed by atoms with E-state index in [-0.39, 0.29) is 17.1 Å². The second-order valence-electron chi connectivity index (χ2n) is 5.63. The monoisotopic (exact) mass is 356 g/mol. The molecule has 0 unspecified atom stereocenters. The average molecular weight is 356 g/mol. The molecule has 0 amide bonds. The lowest BCUT2D eigenvalue weighted by atomic mass is 10.1. The van der Waals surface area contributed by atoms with Gasteiger partial charge in [-0.05, 0) is 30.7 Å². The van der Waals surface area contributed by atoms with Crippen LogP contribution in [0, 0.1) is 11.6 Å². The third kappa shape index (κ3) is 3.74. The molecule has 0 saturated carbocycles. The molecule has 2 aromatic carbocycles. The predicted octanol–water partition coefficient (Wildman–Crippen LogP) is 4.84. The van der Waals surface area contributed by atoms with Crippen LogP contribution in [0.4, 0.5) is 8.78 Å². The molecule has 0 atom stereocenters. The largest absolute Gasteiger partial charge is 0.512 e. The van der Waals surface area contributed by atoms with Crippen LogP contribution in [0.1, 0.15) is 23.9 Å². The molecule has 4 nitrogen and oxygen atoms in total. The van der Waals surface area contributed by atoms with E-state index in [2.05, 4.69) is 9.97 Å². The van der Waals surface area contributed by atoms with Crippen molar-refractivity contribution in [2.75, 3.05) is 6.61 Å². The normalized spacial score (nSPS) is 11.6. The lowest BCUT2D eigenvalue weighted by molar-refractivity contribution is 0.284. The van der Waals surface area contributed by atoms with Crippen LogP contribution in [0.5, 0.6) is 0 Å². The van der Waals surface area contributed by atoms with E-state index in [4.69, 9.17) is 4.74 Å². The third-order valence-corrected chi connectivity index (χ3v) is 3.84. The zero-order chi connectivity index (χ0) is 18.5. The molecule has 134 valence electrons. The van der Waals surface area contributed by atoms with Gasteiger partial charge in [0, 0.05) is 6.42 Å². The SMILES string of the molecule is CCO/C(=C\O)c1nc(-c2cc(F)ccc2F)[nH]c1Cc1ccccc1. The Morgan fingerprint density at radius 3 is 2.65 bits per heavy atom. The standard InChI is InChI=1S/C20H18F2N2O2/c1-2-26-18(12-25)19-17(10-13-6-4-3-5-7-13)23-20(24-19)15-11-14(21)8-9-16(15)22/h3-9,11-12,25H,2,10H2,1H3,(H,23,24)/b18-12-. The molecule has 3 aromatic rings. The molecular weight excluding hydrogens is 338 g/mol. The number of aliphatic hydroxyl groups excluding tert-OH is 1. The minimum atomic E-state index is -0.594. The smallest absolute Gasteiger partial charge is 0.180 e. The topological polar surface area (TPSA) is 58.1 Å². The highest BCUT2D eigenvalue weighted by molar-refractivity contribution is 5.64. The number of ether oxygens (including phenoxy) is 1. The highest BCUT2D eigenvalue weighted by Crippen LogP contribution is 2.27. The summed E-state index contributed by atoms with van der Waals surface area (Å²) in [7, 11) is 0. The molecule has 3 rings (SSSR count). The fourth-order valence-corrected chi connectivity index (χ4v) is 2.67. The molecule has 0 aliphatic carbocycles. The van der Waals surface area contributed by atoms with Crippen molar-refractivity contribution in [1.29, 1.82) is 0 Å². The van der Waals surface area contributed by atoms with Gasteiger partial charge in [0.15, 0.2) is 5.76 Å². The minimum Gasteiger partial charge on any atom is -0.512 e. The zero-order valence-electron chi connectivity index (χ0n) is 14.2. The Labute approximate surface area is 149 Å². The molecular formula is C20H18F2N2O2. The lowest BCUT2D eigenvalue weighted by Gasteiger charge is -2.07. The summed E-state index contributed by atoms with van der Waals surface area (Å²) < 4.78 is 33.1. The Bertz CT molecular complexity index is 921. The van der Waals surface area contributed by atoms with Crippen molar-refractivity contribution in [3.05, 3.63) is 83.4 Å². The second kappa shape index (κ2) is 7.82. The van der Waals surface area contributed by atoms with Crippen LogP contribution < -0.4 is 0 Å². The van der Waals surface area contributed by atoms with E-state index in [0.29, 0.717) is 24.4 Å². The predicted molar refractivity (Wildman–Crippen MR) is 95.4 cm³/mol. The van der Waals surface area contributed by atoms with Gasteiger partial charge in [-0.1, -0.05) is 30.3 Å². The fraction of sp³-hybridized carbons (Fsp3) is 0.150. The van der Waals surface area contributed by atoms with Crippen LogP contribution in [-0.4, -0.2) is 21.7 Å². The molecule has 6 heteroatoms. The van der Waals surface area contributed by atoms with Crippen molar-refractivity contribution < 1.29 is 18.6 Å². The van der Waals surface area contributed by atoms with E-state index in [9.17, 15) is 13.9 Å². The third-order valence-electron chi connectivity index (χ3n) is 3.84. The van der Waals surface area contributed by atoms with Gasteiger partial charge in [0.1, 0.15) is 29.4 Å². The number of nitrogens with one attached hydrogen (secondary N) is 1. The molecule has 0 aliphatic heterocycles. The van der Waals surface area contributed by atoms with E-state index in [0.717, 1.165) is 30.0 Å². The number of hydrogen-bond acceptors (Lipinski definition) is 3. The van der Waals surface area contributed by atoms with Crippen molar-refractivity contribution in [2.24, 2.45) is 0 Å². The number of aromatic nitrogens is 2. The number of aromatic amines is 1. The van der Waals surface area contributed by atoms with E-state index >= 15 is 0 Å². The van der Waals surface area contributed by atoms with Crippen LogP contribution in [0.15, 0.2) is 54.8 Å². The summed E-state index contributed by atoms with van der Waals surface area (Å²) in [5.41, 5.74) is 2.00. The Morgan fingerprint density at radius 2 is 1.96 bits per heavy atom. The number of hydrogen-bond donors (Lipinski definition) is 2. The van der Waals surface area contributed by atoms with Gasteiger partial charge in [-0.25, -0.2) is 13.8 Å². The lowest BCUT2D eigenvalue weighted by Crippen LogP contribution is -1.98. The summed E-state index contributed by atoms with van der Waals surface area (Å²) in [4.78, 5) is 7.39. The maximum absolute atomic E-state index is 14.1. The van der Waals surface area contributed by atoms with Gasteiger partial charge in [-0.3, -0.25) is 0 Å². The maximum Gasteiger partial charge on any atom is 0.180 e. The molecule has 0 bridgehead atoms. The van der Waals surface area contributed by atoms with Gasteiger partial charge < -0.3 is 14.8 Å². The van der Waals surface area contributed by atoms with Crippen molar-refractivity contribution in [2.45, 2.75) is 13.3 Å². The molecule has 26 heavy (non-hydrogen) atoms. The number of benzene rings is 2. The first kappa shape index (κ1) is 17.7. The molecule has 1 aromatic heterocycles. The number of rotatable bonds is 6. The Morgan fingerprint density at radius 1 is 1.19 bits per heavy atom. The molecule has 1 heterocycles. The Kier molecular flexibility index (Phi) is 5.31. The number of nitrogens with zero attached hydrogens (tertiary/aromatic N) is 1. The van der Waals surface area contributed by atoms with E-state index in [1.54, 1.807) is 6.92 Å². The van der Waals surface area contributed by atoms with Crippen molar-refractivity contribution in [3.63, 3.8) is 0 Å². The number of imidazole rings is 1. The summed E-state index contributed by atoms with van der Waals surface area (Å²) in [6, 6.07) is 12.8. The summed E-state index contributed by atoms with van der Waals surface area (Å²) in [5.74, 6) is -0.824. The Hall–Kier alpha value is -3.15. The Balaban J connectivity index is 2.09. The average Bonchev–Trinajstić information content (AvgIpc) is 3.06. The summed E-state index contributed by atoms with van der Waals surface area (Å²) >= 11 is 0. The maximum atomic E-state index is 14.1. The molecule has 0 fully saturated rings. The molecule has 0 saturated heterocycles. The van der Waals surface area contributed by atoms with Crippen molar-refractivity contribution >= 4 is 5.76 Å². The van der Waals surface area contributed by atoms with Crippen LogP contribution in [0.3, 0.4) is 0 Å². The summed E-state index contributed by atoms with van der Waals surface area (Å²) in [6.45, 7) is 2.11. The van der Waals surface area contributed by atoms with Crippen LogP contribution in [-0.2, 0) is 11.2 Å². The van der Waals surface area contributed by atoms with Crippen molar-refractivity contribution in [1.82, 2.24) is 9.97 Å². The number of aliphatic hydroxyl groups is 1. The minimum absolute atomic E-state index is 0.0133. The molecule has 0 radical (unpaired) electrons. The molecule has 0 spiro atoms. The van der Waals surface area contributed by atoms with Gasteiger partial charge >= 0.3 is 0 Å². The first-order chi connectivity index (χ1) is 12.6. The van der Waals surface area contributed by atoms with Crippen molar-refractivity contribution in [3.8, 4) is 11.4 Å². The van der Waals surface area contributed by atoms with Crippen LogP contribution in [0.2, 0.25) is 0 Å². The summed E-state index contributed by atoms with van der Waals surface area (Å²) in [5, 5.41) is 9.50. The molecule has 0 aliphatic rings. The zero-order valence-corrected chi connectivity index (χ0v) is 14.2. The fourth-order valence-electron chi connectivity index (χ4n) is 2.67. The van der Waals surface area contributed by atoms with E-state index < -0.39 is 11.6 Å². The quantitative estimate of drug-likeness (QED) is 0.622. The van der Waals surface area contributed by atoms with Crippen LogP contribution in [0.25, 0.3) is 17.1 Å². The van der Waals surface area contributed by atoms with Gasteiger partial charge in [0.25, 0.3) is 0 Å². The number of H-pyrrole nitrogens is 1. The molecule has 2 N–H and O–H groups in total. The highest BCUT2D eigenvalue weighted by atomic mass is 19.1. The van der Waals surface area contributed by atoms with Gasteiger partial charge in [-0.2, -0.15) is 0 Å². The van der Waals surface area contributed by atoms with Crippen LogP contribution >= 0.6 is 0 Å². The first-order valence-corrected chi connectivity index (χ1v) is 8.18. The highest BCUT2D eigenvalue weighted by Gasteiger charge is 2.19. The van der Waals surface area contributed by atoms with Gasteiger partial charge in [-0.15, -0.1) is 0 Å². The summed E-state index contributed by atoms with van der Waals surface area (Å²) in [6.07, 6.45) is 1.28. The van der Waals surface area contributed by atoms with Gasteiger partial charge in [0.05, 0.1) is 17.9 Å². The van der Waals surface area contributed by atoms with E-state index in [1.165, 1.54) is 0 Å². The second-order valence-corrected chi connectivity index (χ2v) is 5.63. The van der Waals surface area contributed by atoms with E-state index in [1.807, 2.05) is 30.3 Å². The number of halogens is 2. The first-order valence-electron chi connectivity index (χ1n) is 8.18.